The maximum Gasteiger partial charge on any atom is 0.222 e. The van der Waals surface area contributed by atoms with E-state index >= 15 is 0 Å². The molecule has 0 unspecified atom stereocenters. The van der Waals surface area contributed by atoms with Crippen molar-refractivity contribution in [3.05, 3.63) is 23.8 Å². The number of carbonyl (C=O) groups is 1. The zero-order chi connectivity index (χ0) is 14.3. The summed E-state index contributed by atoms with van der Waals surface area (Å²) < 4.78 is 20.9. The molecule has 0 spiro atoms. The molecule has 0 aliphatic rings. The molecule has 0 aromatic heterocycles. The van der Waals surface area contributed by atoms with Crippen LogP contribution < -0.4 is 9.47 Å². The Hall–Kier alpha value is -1.59. The van der Waals surface area contributed by atoms with Crippen molar-refractivity contribution >= 4 is 5.78 Å². The van der Waals surface area contributed by atoms with Crippen LogP contribution in [0, 0.1) is 0 Å². The molecule has 5 heteroatoms. The Kier molecular flexibility index (Phi) is 6.32. The molecule has 0 bridgehead atoms. The summed E-state index contributed by atoms with van der Waals surface area (Å²) in [5.41, 5.74) is 0.433. The lowest BCUT2D eigenvalue weighted by Gasteiger charge is -2.16. The van der Waals surface area contributed by atoms with Crippen molar-refractivity contribution in [2.75, 3.05) is 27.4 Å². The molecular weight excluding hydrogens is 248 g/mol. The smallest absolute Gasteiger partial charge is 0.222 e. The molecule has 19 heavy (non-hydrogen) atoms. The van der Waals surface area contributed by atoms with E-state index in [0.29, 0.717) is 30.3 Å². The van der Waals surface area contributed by atoms with Gasteiger partial charge in [-0.2, -0.15) is 0 Å². The van der Waals surface area contributed by atoms with Crippen LogP contribution in [0.4, 0.5) is 0 Å². The van der Waals surface area contributed by atoms with Crippen LogP contribution >= 0.6 is 0 Å². The van der Waals surface area contributed by atoms with Crippen molar-refractivity contribution in [3.63, 3.8) is 0 Å². The van der Waals surface area contributed by atoms with Crippen molar-refractivity contribution in [1.29, 1.82) is 0 Å². The molecule has 0 fully saturated rings. The molecule has 0 atom stereocenters. The third kappa shape index (κ3) is 4.22. The highest BCUT2D eigenvalue weighted by molar-refractivity contribution is 5.99. The van der Waals surface area contributed by atoms with Crippen molar-refractivity contribution in [3.8, 4) is 11.5 Å². The number of hydrogen-bond acceptors (Lipinski definition) is 5. The Bertz CT molecular complexity index is 388. The van der Waals surface area contributed by atoms with Crippen LogP contribution in [0.15, 0.2) is 18.2 Å². The molecule has 0 aliphatic heterocycles. The van der Waals surface area contributed by atoms with Crippen LogP contribution in [0.25, 0.3) is 0 Å². The van der Waals surface area contributed by atoms with Gasteiger partial charge >= 0.3 is 0 Å². The molecule has 0 radical (unpaired) electrons. The van der Waals surface area contributed by atoms with E-state index in [-0.39, 0.29) is 5.78 Å². The van der Waals surface area contributed by atoms with Crippen molar-refractivity contribution in [2.45, 2.75) is 20.1 Å². The summed E-state index contributed by atoms with van der Waals surface area (Å²) in [6, 6.07) is 4.97. The quantitative estimate of drug-likeness (QED) is 0.535. The Morgan fingerprint density at radius 3 is 1.84 bits per heavy atom. The number of ether oxygens (including phenoxy) is 4. The minimum Gasteiger partial charge on any atom is -0.497 e. The average Bonchev–Trinajstić information content (AvgIpc) is 2.45. The average molecular weight is 268 g/mol. The highest BCUT2D eigenvalue weighted by atomic mass is 16.7. The van der Waals surface area contributed by atoms with Crippen LogP contribution in [-0.2, 0) is 9.47 Å². The van der Waals surface area contributed by atoms with E-state index in [9.17, 15) is 4.79 Å². The Morgan fingerprint density at radius 1 is 1.00 bits per heavy atom. The zero-order valence-electron chi connectivity index (χ0n) is 11.8. The highest BCUT2D eigenvalue weighted by Gasteiger charge is 2.22. The molecule has 0 saturated carbocycles. The molecule has 1 rings (SSSR count). The van der Waals surface area contributed by atoms with Gasteiger partial charge in [0.2, 0.25) is 12.1 Å². The summed E-state index contributed by atoms with van der Waals surface area (Å²) >= 11 is 0. The first kappa shape index (κ1) is 15.5. The van der Waals surface area contributed by atoms with E-state index in [1.165, 1.54) is 14.2 Å². The minimum absolute atomic E-state index is 0.249. The lowest BCUT2D eigenvalue weighted by Crippen LogP contribution is -2.27. The predicted molar refractivity (Wildman–Crippen MR) is 70.9 cm³/mol. The van der Waals surface area contributed by atoms with Crippen LogP contribution in [0.2, 0.25) is 0 Å². The first-order valence-electron chi connectivity index (χ1n) is 6.16. The lowest BCUT2D eigenvalue weighted by molar-refractivity contribution is -0.107. The van der Waals surface area contributed by atoms with Crippen molar-refractivity contribution in [1.82, 2.24) is 0 Å². The van der Waals surface area contributed by atoms with Gasteiger partial charge < -0.3 is 18.9 Å². The topological polar surface area (TPSA) is 54.0 Å². The van der Waals surface area contributed by atoms with Gasteiger partial charge in [0.25, 0.3) is 0 Å². The van der Waals surface area contributed by atoms with Crippen LogP contribution in [0.5, 0.6) is 11.5 Å². The van der Waals surface area contributed by atoms with Crippen LogP contribution in [0.3, 0.4) is 0 Å². The number of methoxy groups -OCH3 is 2. The number of benzene rings is 1. The summed E-state index contributed by atoms with van der Waals surface area (Å²) in [4.78, 5) is 12.3. The van der Waals surface area contributed by atoms with Crippen molar-refractivity contribution < 1.29 is 23.7 Å². The molecule has 0 heterocycles. The van der Waals surface area contributed by atoms with Gasteiger partial charge in [0.05, 0.1) is 14.2 Å². The zero-order valence-corrected chi connectivity index (χ0v) is 11.8. The van der Waals surface area contributed by atoms with E-state index < -0.39 is 6.29 Å². The molecule has 5 nitrogen and oxygen atoms in total. The Morgan fingerprint density at radius 2 is 1.47 bits per heavy atom. The summed E-state index contributed by atoms with van der Waals surface area (Å²) in [6.07, 6.45) is -0.896. The molecule has 0 aliphatic carbocycles. The van der Waals surface area contributed by atoms with E-state index in [1.807, 2.05) is 13.8 Å². The fourth-order valence-corrected chi connectivity index (χ4v) is 1.59. The van der Waals surface area contributed by atoms with Gasteiger partial charge in [-0.25, -0.2) is 0 Å². The molecular formula is C14H20O5. The van der Waals surface area contributed by atoms with Gasteiger partial charge in [-0.05, 0) is 26.0 Å². The lowest BCUT2D eigenvalue weighted by atomic mass is 10.1. The first-order valence-corrected chi connectivity index (χ1v) is 6.16. The summed E-state index contributed by atoms with van der Waals surface area (Å²) in [7, 11) is 3.07. The number of carbonyl (C=O) groups excluding carboxylic acids is 1. The van der Waals surface area contributed by atoms with E-state index in [2.05, 4.69) is 0 Å². The minimum atomic E-state index is -0.896. The van der Waals surface area contributed by atoms with Crippen molar-refractivity contribution in [2.24, 2.45) is 0 Å². The normalized spacial score (nSPS) is 10.6. The summed E-state index contributed by atoms with van der Waals surface area (Å²) in [5, 5.41) is 0. The maximum absolute atomic E-state index is 12.3. The first-order chi connectivity index (χ1) is 9.15. The van der Waals surface area contributed by atoms with E-state index in [4.69, 9.17) is 18.9 Å². The molecule has 1 aromatic carbocycles. The Labute approximate surface area is 113 Å². The molecule has 106 valence electrons. The predicted octanol–water partition coefficient (Wildman–Crippen LogP) is 2.29. The van der Waals surface area contributed by atoms with Crippen LogP contribution in [-0.4, -0.2) is 39.5 Å². The second-order valence-electron chi connectivity index (χ2n) is 3.71. The largest absolute Gasteiger partial charge is 0.497 e. The van der Waals surface area contributed by atoms with Gasteiger partial charge in [0.1, 0.15) is 11.5 Å². The number of hydrogen-bond donors (Lipinski definition) is 0. The number of Topliss-reactive ketones (excluding diaryl/α,β-unsaturated/α-hetero) is 1. The molecule has 0 N–H and O–H groups in total. The third-order valence-electron chi connectivity index (χ3n) is 2.49. The second-order valence-corrected chi connectivity index (χ2v) is 3.71. The monoisotopic (exact) mass is 268 g/mol. The summed E-state index contributed by atoms with van der Waals surface area (Å²) in [6.45, 7) is 4.42. The fourth-order valence-electron chi connectivity index (χ4n) is 1.59. The summed E-state index contributed by atoms with van der Waals surface area (Å²) in [5.74, 6) is 0.852. The maximum atomic E-state index is 12.3. The number of ketones is 1. The molecule has 0 saturated heterocycles. The molecule has 1 aromatic rings. The van der Waals surface area contributed by atoms with Gasteiger partial charge in [-0.3, -0.25) is 4.79 Å². The second kappa shape index (κ2) is 7.76. The van der Waals surface area contributed by atoms with E-state index in [0.717, 1.165) is 0 Å². The number of rotatable bonds is 8. The van der Waals surface area contributed by atoms with Gasteiger partial charge in [-0.15, -0.1) is 0 Å². The van der Waals surface area contributed by atoms with Crippen LogP contribution in [0.1, 0.15) is 24.2 Å². The molecule has 0 amide bonds. The highest BCUT2D eigenvalue weighted by Crippen LogP contribution is 2.24. The third-order valence-corrected chi connectivity index (χ3v) is 2.49. The fraction of sp³-hybridized carbons (Fsp3) is 0.500. The van der Waals surface area contributed by atoms with E-state index in [1.54, 1.807) is 18.2 Å². The van der Waals surface area contributed by atoms with Gasteiger partial charge in [0, 0.05) is 24.8 Å². The Balaban J connectivity index is 3.01. The standard InChI is InChI=1S/C14H20O5/c1-5-18-14(19-6-2)13(15)10-7-11(16-3)9-12(8-10)17-4/h7-9,14H,5-6H2,1-4H3. The van der Waals surface area contributed by atoms with Gasteiger partial charge in [0.15, 0.2) is 0 Å². The SMILES string of the molecule is CCOC(OCC)C(=O)c1cc(OC)cc(OC)c1. The van der Waals surface area contributed by atoms with Gasteiger partial charge in [-0.1, -0.05) is 0 Å².